The van der Waals surface area contributed by atoms with Crippen LogP contribution in [0.25, 0.3) is 0 Å². The summed E-state index contributed by atoms with van der Waals surface area (Å²) < 4.78 is 10.8. The number of anilines is 1. The van der Waals surface area contributed by atoms with Gasteiger partial charge >= 0.3 is 6.09 Å². The number of rotatable bonds is 10. The minimum Gasteiger partial charge on any atom is -0.497 e. The number of nitrogens with zero attached hydrogens (tertiary/aromatic N) is 1. The van der Waals surface area contributed by atoms with Crippen molar-refractivity contribution in [3.63, 3.8) is 0 Å². The predicted octanol–water partition coefficient (Wildman–Crippen LogP) is 5.73. The van der Waals surface area contributed by atoms with Crippen LogP contribution in [0, 0.1) is 18.3 Å². The molecule has 4 atom stereocenters. The second kappa shape index (κ2) is 13.5. The lowest BCUT2D eigenvalue weighted by Crippen LogP contribution is -2.54. The molecule has 8 nitrogen and oxygen atoms in total. The molecule has 224 valence electrons. The zero-order valence-electron chi connectivity index (χ0n) is 25.3. The quantitative estimate of drug-likeness (QED) is 0.298. The number of ether oxygens (including phenoxy) is 2. The van der Waals surface area contributed by atoms with Crippen molar-refractivity contribution >= 4 is 23.6 Å². The largest absolute Gasteiger partial charge is 0.497 e. The highest BCUT2D eigenvalue weighted by molar-refractivity contribution is 5.99. The molecule has 3 amide bonds. The normalized spacial score (nSPS) is 17.0. The summed E-state index contributed by atoms with van der Waals surface area (Å²) in [6.45, 7) is 7.31. The Hall–Kier alpha value is -4.77. The Balaban J connectivity index is 1.77. The van der Waals surface area contributed by atoms with Crippen LogP contribution in [-0.2, 0) is 20.7 Å². The van der Waals surface area contributed by atoms with E-state index in [1.54, 1.807) is 81.3 Å². The number of amides is 3. The number of hydrogen-bond donors (Lipinski definition) is 2. The molecule has 0 radical (unpaired) electrons. The Kier molecular flexibility index (Phi) is 9.77. The van der Waals surface area contributed by atoms with Gasteiger partial charge in [0, 0.05) is 23.7 Å². The van der Waals surface area contributed by atoms with Crippen LogP contribution in [-0.4, -0.2) is 47.6 Å². The molecule has 4 unspecified atom stereocenters. The molecular weight excluding hydrogens is 542 g/mol. The average Bonchev–Trinajstić information content (AvgIpc) is 3.70. The lowest BCUT2D eigenvalue weighted by molar-refractivity contribution is -0.141. The molecular formula is C35H39N3O5. The number of alkyl carbamates (subject to hydrolysis) is 1. The maximum atomic E-state index is 14.6. The zero-order valence-corrected chi connectivity index (χ0v) is 25.3. The summed E-state index contributed by atoms with van der Waals surface area (Å²) in [7, 11) is 1.57. The van der Waals surface area contributed by atoms with Gasteiger partial charge in [0.15, 0.2) is 0 Å². The molecule has 0 spiro atoms. The SMILES string of the molecule is C#Cc1ccccc1C(C(=O)Nc1ccc(OC)cc1)N(C(=O)C(Cc1ccccc1)NC(=O)OC(C)(C)C)C1CC1C. The summed E-state index contributed by atoms with van der Waals surface area (Å²) in [4.78, 5) is 43.4. The van der Waals surface area contributed by atoms with Crippen molar-refractivity contribution in [1.82, 2.24) is 10.2 Å². The first-order chi connectivity index (χ1) is 20.5. The summed E-state index contributed by atoms with van der Waals surface area (Å²) in [5.41, 5.74) is 1.66. The van der Waals surface area contributed by atoms with Crippen LogP contribution in [0.15, 0.2) is 78.9 Å². The van der Waals surface area contributed by atoms with E-state index in [2.05, 4.69) is 16.6 Å². The highest BCUT2D eigenvalue weighted by atomic mass is 16.6. The number of carbonyl (C=O) groups is 3. The van der Waals surface area contributed by atoms with Gasteiger partial charge in [-0.25, -0.2) is 4.79 Å². The van der Waals surface area contributed by atoms with Crippen LogP contribution >= 0.6 is 0 Å². The summed E-state index contributed by atoms with van der Waals surface area (Å²) in [6.07, 6.45) is 6.09. The van der Waals surface area contributed by atoms with Crippen molar-refractivity contribution in [2.45, 2.75) is 64.3 Å². The predicted molar refractivity (Wildman–Crippen MR) is 166 cm³/mol. The molecule has 0 bridgehead atoms. The smallest absolute Gasteiger partial charge is 0.408 e. The number of hydrogen-bond acceptors (Lipinski definition) is 5. The molecule has 0 saturated heterocycles. The van der Waals surface area contributed by atoms with E-state index in [0.29, 0.717) is 29.0 Å². The van der Waals surface area contributed by atoms with Gasteiger partial charge in [-0.15, -0.1) is 6.42 Å². The first-order valence-corrected chi connectivity index (χ1v) is 14.4. The standard InChI is InChI=1S/C35H39N3O5/c1-7-25-15-11-12-16-28(25)31(32(39)36-26-17-19-27(42-6)20-18-26)38(30-21-23(30)2)33(40)29(22-24-13-9-8-10-14-24)37-34(41)43-35(3,4)5/h1,8-20,23,29-31H,21-22H2,2-6H3,(H,36,39)(H,37,41). The minimum atomic E-state index is -1.06. The van der Waals surface area contributed by atoms with Crippen molar-refractivity contribution in [3.8, 4) is 18.1 Å². The van der Waals surface area contributed by atoms with Crippen LogP contribution < -0.4 is 15.4 Å². The number of nitrogens with one attached hydrogen (secondary N) is 2. The molecule has 1 aliphatic carbocycles. The van der Waals surface area contributed by atoms with Gasteiger partial charge in [-0.3, -0.25) is 9.59 Å². The second-order valence-corrected chi connectivity index (χ2v) is 11.8. The fraction of sp³-hybridized carbons (Fsp3) is 0.343. The third kappa shape index (κ3) is 8.16. The molecule has 3 aromatic carbocycles. The molecule has 2 N–H and O–H groups in total. The highest BCUT2D eigenvalue weighted by Gasteiger charge is 2.48. The van der Waals surface area contributed by atoms with Gasteiger partial charge in [0.1, 0.15) is 23.4 Å². The molecule has 8 heteroatoms. The van der Waals surface area contributed by atoms with Crippen molar-refractivity contribution in [3.05, 3.63) is 95.6 Å². The van der Waals surface area contributed by atoms with Gasteiger partial charge in [0.05, 0.1) is 7.11 Å². The van der Waals surface area contributed by atoms with Crippen LogP contribution in [0.3, 0.4) is 0 Å². The number of benzene rings is 3. The van der Waals surface area contributed by atoms with E-state index in [9.17, 15) is 14.4 Å². The molecule has 43 heavy (non-hydrogen) atoms. The minimum absolute atomic E-state index is 0.150. The Morgan fingerprint density at radius 1 is 1.00 bits per heavy atom. The number of methoxy groups -OCH3 is 1. The topological polar surface area (TPSA) is 97.0 Å². The average molecular weight is 582 g/mol. The van der Waals surface area contributed by atoms with E-state index in [0.717, 1.165) is 5.56 Å². The Morgan fingerprint density at radius 2 is 1.63 bits per heavy atom. The molecule has 0 heterocycles. The van der Waals surface area contributed by atoms with Crippen molar-refractivity contribution in [2.24, 2.45) is 5.92 Å². The molecule has 1 aliphatic rings. The van der Waals surface area contributed by atoms with Gasteiger partial charge in [-0.2, -0.15) is 0 Å². The van der Waals surface area contributed by atoms with E-state index < -0.39 is 35.6 Å². The molecule has 0 aromatic heterocycles. The van der Waals surface area contributed by atoms with Gasteiger partial charge in [-0.05, 0) is 74.6 Å². The van der Waals surface area contributed by atoms with Crippen molar-refractivity contribution < 1.29 is 23.9 Å². The Labute approximate surface area is 253 Å². The van der Waals surface area contributed by atoms with Gasteiger partial charge in [0.2, 0.25) is 5.91 Å². The zero-order chi connectivity index (χ0) is 31.1. The van der Waals surface area contributed by atoms with E-state index in [1.807, 2.05) is 37.3 Å². The Morgan fingerprint density at radius 3 is 2.21 bits per heavy atom. The van der Waals surface area contributed by atoms with E-state index in [1.165, 1.54) is 0 Å². The van der Waals surface area contributed by atoms with Crippen LogP contribution in [0.1, 0.15) is 56.8 Å². The van der Waals surface area contributed by atoms with E-state index in [4.69, 9.17) is 15.9 Å². The fourth-order valence-electron chi connectivity index (χ4n) is 5.02. The van der Waals surface area contributed by atoms with Crippen LogP contribution in [0.4, 0.5) is 10.5 Å². The van der Waals surface area contributed by atoms with Crippen LogP contribution in [0.5, 0.6) is 5.75 Å². The summed E-state index contributed by atoms with van der Waals surface area (Å²) >= 11 is 0. The highest BCUT2D eigenvalue weighted by Crippen LogP contribution is 2.41. The van der Waals surface area contributed by atoms with E-state index in [-0.39, 0.29) is 18.4 Å². The molecule has 1 fully saturated rings. The van der Waals surface area contributed by atoms with Gasteiger partial charge in [0.25, 0.3) is 5.91 Å². The first-order valence-electron chi connectivity index (χ1n) is 14.4. The summed E-state index contributed by atoms with van der Waals surface area (Å²) in [5, 5.41) is 5.77. The van der Waals surface area contributed by atoms with Crippen LogP contribution in [0.2, 0.25) is 0 Å². The number of carbonyl (C=O) groups excluding carboxylic acids is 3. The monoisotopic (exact) mass is 581 g/mol. The van der Waals surface area contributed by atoms with Gasteiger partial charge < -0.3 is 25.0 Å². The second-order valence-electron chi connectivity index (χ2n) is 11.8. The molecule has 0 aliphatic heterocycles. The third-order valence-corrected chi connectivity index (χ3v) is 7.25. The number of terminal acetylenes is 1. The van der Waals surface area contributed by atoms with Crippen molar-refractivity contribution in [2.75, 3.05) is 12.4 Å². The molecule has 4 rings (SSSR count). The molecule has 3 aromatic rings. The maximum Gasteiger partial charge on any atom is 0.408 e. The van der Waals surface area contributed by atoms with Crippen molar-refractivity contribution in [1.29, 1.82) is 0 Å². The summed E-state index contributed by atoms with van der Waals surface area (Å²) in [5.74, 6) is 2.66. The van der Waals surface area contributed by atoms with Gasteiger partial charge in [-0.1, -0.05) is 61.4 Å². The summed E-state index contributed by atoms with van der Waals surface area (Å²) in [6, 6.07) is 21.2. The maximum absolute atomic E-state index is 14.6. The van der Waals surface area contributed by atoms with E-state index >= 15 is 0 Å². The molecule has 1 saturated carbocycles. The third-order valence-electron chi connectivity index (χ3n) is 7.25. The first kappa shape index (κ1) is 31.2. The fourth-order valence-corrected chi connectivity index (χ4v) is 5.02. The lowest BCUT2D eigenvalue weighted by atomic mass is 9.96. The lowest BCUT2D eigenvalue weighted by Gasteiger charge is -2.35. The Bertz CT molecular complexity index is 1470.